The number of aromatic nitrogens is 2. The van der Waals surface area contributed by atoms with E-state index in [1.807, 2.05) is 13.0 Å². The maximum Gasteiger partial charge on any atom is 0.269 e. The van der Waals surface area contributed by atoms with E-state index >= 15 is 0 Å². The van der Waals surface area contributed by atoms with Crippen molar-refractivity contribution in [2.24, 2.45) is 0 Å². The lowest BCUT2D eigenvalue weighted by Crippen LogP contribution is -2.47. The summed E-state index contributed by atoms with van der Waals surface area (Å²) in [5.41, 5.74) is 1.77. The monoisotopic (exact) mass is 357 g/mol. The summed E-state index contributed by atoms with van der Waals surface area (Å²) >= 11 is 0. The van der Waals surface area contributed by atoms with Crippen LogP contribution in [0, 0.1) is 10.1 Å². The number of hydrogen-bond acceptors (Lipinski definition) is 7. The summed E-state index contributed by atoms with van der Waals surface area (Å²) in [6, 6.07) is 8.34. The Labute approximate surface area is 152 Å². The van der Waals surface area contributed by atoms with Crippen LogP contribution in [0.3, 0.4) is 0 Å². The van der Waals surface area contributed by atoms with Crippen molar-refractivity contribution in [1.82, 2.24) is 14.9 Å². The number of benzene rings is 1. The van der Waals surface area contributed by atoms with Crippen LogP contribution >= 0.6 is 0 Å². The molecule has 1 fully saturated rings. The summed E-state index contributed by atoms with van der Waals surface area (Å²) in [7, 11) is 0. The second-order valence-electron chi connectivity index (χ2n) is 6.25. The number of anilines is 1. The van der Waals surface area contributed by atoms with Crippen molar-refractivity contribution in [3.05, 3.63) is 46.1 Å². The van der Waals surface area contributed by atoms with Gasteiger partial charge in [-0.05, 0) is 18.6 Å². The summed E-state index contributed by atoms with van der Waals surface area (Å²) in [6.45, 7) is 6.39. The Kier molecular flexibility index (Phi) is 5.75. The second-order valence-corrected chi connectivity index (χ2v) is 6.25. The number of aliphatic hydroxyl groups is 1. The summed E-state index contributed by atoms with van der Waals surface area (Å²) in [5, 5.41) is 19.9. The van der Waals surface area contributed by atoms with Crippen LogP contribution in [0.2, 0.25) is 0 Å². The van der Waals surface area contributed by atoms with Crippen LogP contribution in [0.15, 0.2) is 30.3 Å². The van der Waals surface area contributed by atoms with E-state index in [1.165, 1.54) is 12.1 Å². The number of non-ortho nitro benzene ring substituents is 1. The van der Waals surface area contributed by atoms with E-state index in [4.69, 9.17) is 10.1 Å². The van der Waals surface area contributed by atoms with Crippen molar-refractivity contribution in [2.75, 3.05) is 44.2 Å². The summed E-state index contributed by atoms with van der Waals surface area (Å²) < 4.78 is 0. The molecule has 3 rings (SSSR count). The van der Waals surface area contributed by atoms with Crippen molar-refractivity contribution in [2.45, 2.75) is 13.3 Å². The van der Waals surface area contributed by atoms with Gasteiger partial charge in [0, 0.05) is 62.2 Å². The van der Waals surface area contributed by atoms with Crippen LogP contribution in [-0.2, 0) is 6.42 Å². The highest BCUT2D eigenvalue weighted by molar-refractivity contribution is 5.60. The predicted octanol–water partition coefficient (Wildman–Crippen LogP) is 1.73. The molecule has 26 heavy (non-hydrogen) atoms. The van der Waals surface area contributed by atoms with E-state index < -0.39 is 4.92 Å². The lowest BCUT2D eigenvalue weighted by Gasteiger charge is -2.35. The van der Waals surface area contributed by atoms with Crippen LogP contribution in [0.4, 0.5) is 11.5 Å². The first-order valence-electron chi connectivity index (χ1n) is 8.81. The first kappa shape index (κ1) is 18.2. The Balaban J connectivity index is 1.84. The van der Waals surface area contributed by atoms with Gasteiger partial charge in [-0.15, -0.1) is 0 Å². The minimum absolute atomic E-state index is 0.0561. The Morgan fingerprint density at radius 3 is 2.42 bits per heavy atom. The molecule has 1 aromatic carbocycles. The van der Waals surface area contributed by atoms with Crippen molar-refractivity contribution >= 4 is 11.5 Å². The molecule has 1 N–H and O–H groups in total. The number of aryl methyl sites for hydroxylation is 1. The number of nitrogens with zero attached hydrogens (tertiary/aromatic N) is 5. The van der Waals surface area contributed by atoms with E-state index in [2.05, 4.69) is 14.8 Å². The molecule has 8 heteroatoms. The smallest absolute Gasteiger partial charge is 0.269 e. The largest absolute Gasteiger partial charge is 0.395 e. The molecule has 0 atom stereocenters. The van der Waals surface area contributed by atoms with Gasteiger partial charge in [-0.3, -0.25) is 15.0 Å². The van der Waals surface area contributed by atoms with Gasteiger partial charge in [0.2, 0.25) is 0 Å². The summed E-state index contributed by atoms with van der Waals surface area (Å²) in [4.78, 5) is 24.2. The van der Waals surface area contributed by atoms with Crippen molar-refractivity contribution in [3.63, 3.8) is 0 Å². The normalized spacial score (nSPS) is 15.2. The molecule has 0 amide bonds. The maximum absolute atomic E-state index is 10.8. The van der Waals surface area contributed by atoms with Gasteiger partial charge in [0.25, 0.3) is 5.69 Å². The minimum atomic E-state index is -0.412. The van der Waals surface area contributed by atoms with E-state index in [9.17, 15) is 10.1 Å². The number of piperazine rings is 1. The van der Waals surface area contributed by atoms with Gasteiger partial charge < -0.3 is 10.0 Å². The molecule has 0 aliphatic carbocycles. The SMILES string of the molecule is CCc1cc(N2CCN(CCO)CC2)nc(-c2ccc([N+](=O)[O-])cc2)n1. The van der Waals surface area contributed by atoms with E-state index in [0.29, 0.717) is 12.4 Å². The average Bonchev–Trinajstić information content (AvgIpc) is 2.68. The summed E-state index contributed by atoms with van der Waals surface area (Å²) in [6.07, 6.45) is 0.792. The standard InChI is InChI=1S/C18H23N5O3/c1-2-15-13-17(22-9-7-21(8-10-22)11-12-24)20-18(19-15)14-3-5-16(6-4-14)23(25)26/h3-6,13,24H,2,7-12H2,1H3. The maximum atomic E-state index is 10.8. The topological polar surface area (TPSA) is 95.6 Å². The number of β-amino-alcohol motifs (C(OH)–C–C–N with tert-alkyl or cyclic N) is 1. The molecule has 0 radical (unpaired) electrons. The molecule has 0 spiro atoms. The van der Waals surface area contributed by atoms with E-state index in [-0.39, 0.29) is 12.3 Å². The van der Waals surface area contributed by atoms with E-state index in [0.717, 1.165) is 49.7 Å². The zero-order chi connectivity index (χ0) is 18.5. The van der Waals surface area contributed by atoms with Gasteiger partial charge in [0.15, 0.2) is 5.82 Å². The fourth-order valence-corrected chi connectivity index (χ4v) is 3.03. The number of aliphatic hydroxyl groups excluding tert-OH is 1. The number of hydrogen-bond donors (Lipinski definition) is 1. The number of nitro benzene ring substituents is 1. The van der Waals surface area contributed by atoms with Crippen LogP contribution in [0.5, 0.6) is 0 Å². The molecule has 0 unspecified atom stereocenters. The lowest BCUT2D eigenvalue weighted by atomic mass is 10.2. The zero-order valence-corrected chi connectivity index (χ0v) is 14.8. The highest BCUT2D eigenvalue weighted by atomic mass is 16.6. The van der Waals surface area contributed by atoms with Gasteiger partial charge in [-0.1, -0.05) is 6.92 Å². The molecule has 1 aliphatic heterocycles. The van der Waals surface area contributed by atoms with Gasteiger partial charge in [-0.25, -0.2) is 9.97 Å². The molecule has 1 saturated heterocycles. The van der Waals surface area contributed by atoms with Gasteiger partial charge >= 0.3 is 0 Å². The Morgan fingerprint density at radius 1 is 1.15 bits per heavy atom. The molecule has 138 valence electrons. The first-order chi connectivity index (χ1) is 12.6. The fourth-order valence-electron chi connectivity index (χ4n) is 3.03. The summed E-state index contributed by atoms with van der Waals surface area (Å²) in [5.74, 6) is 1.47. The van der Waals surface area contributed by atoms with Crippen LogP contribution in [0.1, 0.15) is 12.6 Å². The van der Waals surface area contributed by atoms with Crippen LogP contribution in [0.25, 0.3) is 11.4 Å². The van der Waals surface area contributed by atoms with Crippen molar-refractivity contribution in [1.29, 1.82) is 0 Å². The second kappa shape index (κ2) is 8.20. The fraction of sp³-hybridized carbons (Fsp3) is 0.444. The highest BCUT2D eigenvalue weighted by Gasteiger charge is 2.19. The first-order valence-corrected chi connectivity index (χ1v) is 8.81. The van der Waals surface area contributed by atoms with Crippen LogP contribution in [-0.4, -0.2) is 64.2 Å². The molecular weight excluding hydrogens is 334 g/mol. The average molecular weight is 357 g/mol. The number of rotatable bonds is 6. The lowest BCUT2D eigenvalue weighted by molar-refractivity contribution is -0.384. The quantitative estimate of drug-likeness (QED) is 0.621. The third-order valence-electron chi connectivity index (χ3n) is 4.58. The molecule has 0 bridgehead atoms. The minimum Gasteiger partial charge on any atom is -0.395 e. The molecular formula is C18H23N5O3. The number of nitro groups is 1. The third kappa shape index (κ3) is 4.14. The molecule has 2 heterocycles. The van der Waals surface area contributed by atoms with Gasteiger partial charge in [0.1, 0.15) is 5.82 Å². The molecule has 0 saturated carbocycles. The highest BCUT2D eigenvalue weighted by Crippen LogP contribution is 2.23. The Bertz CT molecular complexity index is 758. The Hall–Kier alpha value is -2.58. The van der Waals surface area contributed by atoms with Crippen molar-refractivity contribution in [3.8, 4) is 11.4 Å². The molecule has 1 aliphatic rings. The van der Waals surface area contributed by atoms with Crippen LogP contribution < -0.4 is 4.90 Å². The molecule has 2 aromatic rings. The van der Waals surface area contributed by atoms with Gasteiger partial charge in [-0.2, -0.15) is 0 Å². The van der Waals surface area contributed by atoms with Crippen molar-refractivity contribution < 1.29 is 10.0 Å². The molecule has 8 nitrogen and oxygen atoms in total. The van der Waals surface area contributed by atoms with Gasteiger partial charge in [0.05, 0.1) is 11.5 Å². The Morgan fingerprint density at radius 2 is 1.85 bits per heavy atom. The zero-order valence-electron chi connectivity index (χ0n) is 14.8. The third-order valence-corrected chi connectivity index (χ3v) is 4.58. The predicted molar refractivity (Wildman–Crippen MR) is 99.2 cm³/mol. The molecule has 1 aromatic heterocycles. The van der Waals surface area contributed by atoms with E-state index in [1.54, 1.807) is 12.1 Å².